The Morgan fingerprint density at radius 1 is 1.48 bits per heavy atom. The number of hydrogen-bond acceptors (Lipinski definition) is 5. The lowest BCUT2D eigenvalue weighted by Gasteiger charge is -2.20. The van der Waals surface area contributed by atoms with Crippen LogP contribution in [0.15, 0.2) is 12.1 Å². The van der Waals surface area contributed by atoms with Crippen LogP contribution >= 0.6 is 0 Å². The molecule has 1 unspecified atom stereocenters. The van der Waals surface area contributed by atoms with Gasteiger partial charge in [0.1, 0.15) is 6.61 Å². The molecule has 1 aliphatic rings. The van der Waals surface area contributed by atoms with Crippen LogP contribution < -0.4 is 15.2 Å². The first kappa shape index (κ1) is 15.4. The smallest absolute Gasteiger partial charge is 0.337 e. The van der Waals surface area contributed by atoms with Gasteiger partial charge in [0, 0.05) is 12.1 Å². The number of rotatable bonds is 5. The molecule has 1 aromatic carbocycles. The van der Waals surface area contributed by atoms with Crippen LogP contribution in [0.1, 0.15) is 37.0 Å². The zero-order valence-corrected chi connectivity index (χ0v) is 12.5. The highest BCUT2D eigenvalue weighted by molar-refractivity contribution is 5.94. The Morgan fingerprint density at radius 3 is 2.71 bits per heavy atom. The van der Waals surface area contributed by atoms with Crippen molar-refractivity contribution in [3.63, 3.8) is 0 Å². The van der Waals surface area contributed by atoms with Gasteiger partial charge in [0.15, 0.2) is 11.5 Å². The van der Waals surface area contributed by atoms with Gasteiger partial charge in [0.2, 0.25) is 0 Å². The van der Waals surface area contributed by atoms with Crippen LogP contribution in [0.5, 0.6) is 11.5 Å². The monoisotopic (exact) mass is 295 g/mol. The zero-order valence-electron chi connectivity index (χ0n) is 12.5. The molecule has 1 aliphatic heterocycles. The lowest BCUT2D eigenvalue weighted by atomic mass is 10.1. The van der Waals surface area contributed by atoms with E-state index in [1.54, 1.807) is 0 Å². The van der Waals surface area contributed by atoms with Gasteiger partial charge < -0.3 is 25.1 Å². The summed E-state index contributed by atoms with van der Waals surface area (Å²) in [7, 11) is 1.48. The van der Waals surface area contributed by atoms with Crippen LogP contribution in [0.25, 0.3) is 0 Å². The number of aromatic carboxylic acids is 1. The van der Waals surface area contributed by atoms with Crippen LogP contribution in [0.2, 0.25) is 0 Å². The molecule has 0 aromatic heterocycles. The third-order valence-corrected chi connectivity index (χ3v) is 3.55. The van der Waals surface area contributed by atoms with Crippen molar-refractivity contribution in [2.45, 2.75) is 38.4 Å². The third kappa shape index (κ3) is 3.58. The Kier molecular flexibility index (Phi) is 4.27. The highest BCUT2D eigenvalue weighted by atomic mass is 16.6. The maximum Gasteiger partial charge on any atom is 0.337 e. The van der Waals surface area contributed by atoms with Crippen molar-refractivity contribution < 1.29 is 24.1 Å². The molecular formula is C15H21NO5. The van der Waals surface area contributed by atoms with E-state index in [1.165, 1.54) is 19.2 Å². The van der Waals surface area contributed by atoms with E-state index in [0.717, 1.165) is 12.8 Å². The van der Waals surface area contributed by atoms with Crippen molar-refractivity contribution in [1.82, 2.24) is 0 Å². The van der Waals surface area contributed by atoms with E-state index in [9.17, 15) is 4.79 Å². The van der Waals surface area contributed by atoms with Gasteiger partial charge in [-0.25, -0.2) is 4.79 Å². The summed E-state index contributed by atoms with van der Waals surface area (Å²) in [5, 5.41) is 9.10. The molecule has 1 aromatic rings. The van der Waals surface area contributed by atoms with E-state index in [4.69, 9.17) is 25.1 Å². The number of carboxylic acids is 1. The Morgan fingerprint density at radius 2 is 2.19 bits per heavy atom. The molecule has 1 fully saturated rings. The molecule has 1 saturated heterocycles. The topological polar surface area (TPSA) is 91.0 Å². The number of ether oxygens (including phenoxy) is 3. The van der Waals surface area contributed by atoms with Crippen molar-refractivity contribution >= 4 is 11.7 Å². The maximum atomic E-state index is 11.1. The number of anilines is 1. The van der Waals surface area contributed by atoms with Gasteiger partial charge in [-0.2, -0.15) is 0 Å². The molecule has 21 heavy (non-hydrogen) atoms. The molecule has 3 N–H and O–H groups in total. The van der Waals surface area contributed by atoms with Crippen LogP contribution in [-0.2, 0) is 4.74 Å². The predicted molar refractivity (Wildman–Crippen MR) is 78.0 cm³/mol. The van der Waals surface area contributed by atoms with Gasteiger partial charge in [-0.05, 0) is 26.7 Å². The van der Waals surface area contributed by atoms with Gasteiger partial charge in [-0.3, -0.25) is 0 Å². The fourth-order valence-electron chi connectivity index (χ4n) is 2.41. The van der Waals surface area contributed by atoms with Crippen molar-refractivity contribution in [1.29, 1.82) is 0 Å². The minimum atomic E-state index is -1.10. The Balaban J connectivity index is 2.12. The van der Waals surface area contributed by atoms with E-state index >= 15 is 0 Å². The largest absolute Gasteiger partial charge is 0.493 e. The fraction of sp³-hybridized carbons (Fsp3) is 0.533. The minimum Gasteiger partial charge on any atom is -0.493 e. The van der Waals surface area contributed by atoms with Gasteiger partial charge in [0.05, 0.1) is 30.1 Å². The Hall–Kier alpha value is -1.95. The van der Waals surface area contributed by atoms with Gasteiger partial charge in [-0.1, -0.05) is 0 Å². The average Bonchev–Trinajstić information content (AvgIpc) is 2.76. The number of carboxylic acid groups (broad SMARTS) is 1. The standard InChI is InChI=1S/C15H21NO5/c1-15(2)5-4-9(21-15)8-20-13-6-10(14(17)18)11(16)7-12(13)19-3/h6-7,9H,4-5,8,16H2,1-3H3,(H,17,18). The van der Waals surface area contributed by atoms with Crippen molar-refractivity contribution in [2.24, 2.45) is 0 Å². The second-order valence-corrected chi connectivity index (χ2v) is 5.74. The first-order chi connectivity index (χ1) is 9.82. The molecule has 2 rings (SSSR count). The molecular weight excluding hydrogens is 274 g/mol. The number of benzene rings is 1. The minimum absolute atomic E-state index is 0.00142. The molecule has 6 nitrogen and oxygen atoms in total. The summed E-state index contributed by atoms with van der Waals surface area (Å²) in [6, 6.07) is 2.84. The first-order valence-corrected chi connectivity index (χ1v) is 6.84. The van der Waals surface area contributed by atoms with Crippen molar-refractivity contribution in [3.8, 4) is 11.5 Å². The second-order valence-electron chi connectivity index (χ2n) is 5.74. The van der Waals surface area contributed by atoms with Crippen LogP contribution in [-0.4, -0.2) is 36.5 Å². The quantitative estimate of drug-likeness (QED) is 0.810. The van der Waals surface area contributed by atoms with Crippen LogP contribution in [0.4, 0.5) is 5.69 Å². The van der Waals surface area contributed by atoms with Crippen molar-refractivity contribution in [3.05, 3.63) is 17.7 Å². The van der Waals surface area contributed by atoms with Crippen LogP contribution in [0, 0.1) is 0 Å². The molecule has 0 amide bonds. The summed E-state index contributed by atoms with van der Waals surface area (Å²) in [4.78, 5) is 11.1. The zero-order chi connectivity index (χ0) is 15.6. The van der Waals surface area contributed by atoms with Crippen molar-refractivity contribution in [2.75, 3.05) is 19.5 Å². The highest BCUT2D eigenvalue weighted by Crippen LogP contribution is 2.34. The van der Waals surface area contributed by atoms with E-state index in [2.05, 4.69) is 0 Å². The fourth-order valence-corrected chi connectivity index (χ4v) is 2.41. The lowest BCUT2D eigenvalue weighted by molar-refractivity contribution is -0.0329. The molecule has 0 radical (unpaired) electrons. The molecule has 0 spiro atoms. The Labute approximate surface area is 123 Å². The number of nitrogen functional groups attached to an aromatic ring is 1. The Bertz CT molecular complexity index is 541. The summed E-state index contributed by atoms with van der Waals surface area (Å²) in [5.41, 5.74) is 5.69. The second kappa shape index (κ2) is 5.81. The third-order valence-electron chi connectivity index (χ3n) is 3.55. The predicted octanol–water partition coefficient (Wildman–Crippen LogP) is 2.31. The summed E-state index contributed by atoms with van der Waals surface area (Å²) < 4.78 is 16.7. The number of carbonyl (C=O) groups is 1. The molecule has 0 saturated carbocycles. The molecule has 1 atom stereocenters. The lowest BCUT2D eigenvalue weighted by Crippen LogP contribution is -2.24. The first-order valence-electron chi connectivity index (χ1n) is 6.84. The van der Waals surface area contributed by atoms with E-state index in [-0.39, 0.29) is 23.0 Å². The summed E-state index contributed by atoms with van der Waals surface area (Å²) in [6.07, 6.45) is 1.88. The van der Waals surface area contributed by atoms with E-state index in [1.807, 2.05) is 13.8 Å². The van der Waals surface area contributed by atoms with Gasteiger partial charge in [0.25, 0.3) is 0 Å². The SMILES string of the molecule is COc1cc(N)c(C(=O)O)cc1OCC1CCC(C)(C)O1. The average molecular weight is 295 g/mol. The molecule has 0 bridgehead atoms. The molecule has 6 heteroatoms. The highest BCUT2D eigenvalue weighted by Gasteiger charge is 2.32. The summed E-state index contributed by atoms with van der Waals surface area (Å²) in [6.45, 7) is 4.43. The van der Waals surface area contributed by atoms with Crippen LogP contribution in [0.3, 0.4) is 0 Å². The number of methoxy groups -OCH3 is 1. The summed E-state index contributed by atoms with van der Waals surface area (Å²) >= 11 is 0. The molecule has 1 heterocycles. The van der Waals surface area contributed by atoms with E-state index < -0.39 is 5.97 Å². The maximum absolute atomic E-state index is 11.1. The molecule has 116 valence electrons. The normalized spacial score (nSPS) is 20.2. The van der Waals surface area contributed by atoms with Gasteiger partial charge in [-0.15, -0.1) is 0 Å². The van der Waals surface area contributed by atoms with Gasteiger partial charge >= 0.3 is 5.97 Å². The molecule has 0 aliphatic carbocycles. The number of hydrogen-bond donors (Lipinski definition) is 2. The van der Waals surface area contributed by atoms with E-state index in [0.29, 0.717) is 18.1 Å². The number of nitrogens with two attached hydrogens (primary N) is 1. The summed E-state index contributed by atoms with van der Waals surface area (Å²) in [5.74, 6) is -0.328.